The lowest BCUT2D eigenvalue weighted by molar-refractivity contribution is -0.131. The van der Waals surface area contributed by atoms with Crippen LogP contribution in [0.15, 0.2) is 0 Å². The predicted molar refractivity (Wildman–Crippen MR) is 77.6 cm³/mol. The number of nitrogens with zero attached hydrogens (tertiary/aromatic N) is 2. The van der Waals surface area contributed by atoms with Gasteiger partial charge in [-0.1, -0.05) is 6.92 Å². The number of hydrogen-bond acceptors (Lipinski definition) is 4. The van der Waals surface area contributed by atoms with Gasteiger partial charge in [0, 0.05) is 25.7 Å². The normalized spacial score (nSPS) is 30.4. The molecule has 116 valence electrons. The third kappa shape index (κ3) is 4.17. The fourth-order valence-electron chi connectivity index (χ4n) is 3.13. The topological polar surface area (TPSA) is 42.0 Å². The molecule has 0 aromatic heterocycles. The van der Waals surface area contributed by atoms with E-state index in [1.807, 2.05) is 4.90 Å². The molecule has 0 radical (unpaired) electrons. The highest BCUT2D eigenvalue weighted by atomic mass is 16.5. The van der Waals surface area contributed by atoms with Crippen molar-refractivity contribution in [3.8, 4) is 0 Å². The standard InChI is InChI=1S/C15H28N2O3/c1-12-9-17(10-14(12)16(2)3)15(18)6-8-19-11-13-5-4-7-20-13/h12-14H,4-11H2,1-3H3/t12-,13+,14-/m1/s1. The predicted octanol–water partition coefficient (Wildman–Crippen LogP) is 0.981. The lowest BCUT2D eigenvalue weighted by atomic mass is 10.1. The molecular formula is C15H28N2O3. The van der Waals surface area contributed by atoms with Gasteiger partial charge in [-0.05, 0) is 32.9 Å². The third-order valence-electron chi connectivity index (χ3n) is 4.38. The van der Waals surface area contributed by atoms with Gasteiger partial charge >= 0.3 is 0 Å². The fraction of sp³-hybridized carbons (Fsp3) is 0.933. The Morgan fingerprint density at radius 1 is 1.40 bits per heavy atom. The number of ether oxygens (including phenoxy) is 2. The molecule has 2 aliphatic heterocycles. The van der Waals surface area contributed by atoms with Crippen molar-refractivity contribution in [1.29, 1.82) is 0 Å². The summed E-state index contributed by atoms with van der Waals surface area (Å²) < 4.78 is 11.1. The molecule has 0 unspecified atom stereocenters. The van der Waals surface area contributed by atoms with Crippen LogP contribution in [0.5, 0.6) is 0 Å². The number of likely N-dealkylation sites (N-methyl/N-ethyl adjacent to an activating group) is 1. The van der Waals surface area contributed by atoms with E-state index in [2.05, 4.69) is 25.9 Å². The molecule has 5 nitrogen and oxygen atoms in total. The lowest BCUT2D eigenvalue weighted by Gasteiger charge is -2.22. The molecule has 0 saturated carbocycles. The van der Waals surface area contributed by atoms with E-state index in [-0.39, 0.29) is 12.0 Å². The van der Waals surface area contributed by atoms with Gasteiger partial charge in [0.2, 0.25) is 5.91 Å². The van der Waals surface area contributed by atoms with Crippen molar-refractivity contribution in [2.45, 2.75) is 38.3 Å². The minimum absolute atomic E-state index is 0.216. The van der Waals surface area contributed by atoms with Gasteiger partial charge in [-0.2, -0.15) is 0 Å². The Morgan fingerprint density at radius 3 is 2.80 bits per heavy atom. The van der Waals surface area contributed by atoms with Crippen molar-refractivity contribution in [3.63, 3.8) is 0 Å². The van der Waals surface area contributed by atoms with Crippen molar-refractivity contribution in [2.24, 2.45) is 5.92 Å². The van der Waals surface area contributed by atoms with E-state index < -0.39 is 0 Å². The first-order chi connectivity index (χ1) is 9.58. The second-order valence-electron chi connectivity index (χ2n) is 6.27. The molecule has 2 heterocycles. The Labute approximate surface area is 122 Å². The lowest BCUT2D eigenvalue weighted by Crippen LogP contribution is -2.36. The zero-order valence-electron chi connectivity index (χ0n) is 13.0. The second kappa shape index (κ2) is 7.38. The monoisotopic (exact) mass is 284 g/mol. The van der Waals surface area contributed by atoms with Crippen molar-refractivity contribution >= 4 is 5.91 Å². The summed E-state index contributed by atoms with van der Waals surface area (Å²) in [6.07, 6.45) is 2.95. The van der Waals surface area contributed by atoms with Crippen LogP contribution in [-0.4, -0.2) is 74.9 Å². The van der Waals surface area contributed by atoms with Gasteiger partial charge in [0.25, 0.3) is 0 Å². The maximum absolute atomic E-state index is 12.2. The van der Waals surface area contributed by atoms with E-state index in [1.54, 1.807) is 0 Å². The summed E-state index contributed by atoms with van der Waals surface area (Å²) in [5, 5.41) is 0. The van der Waals surface area contributed by atoms with Crippen LogP contribution in [0.4, 0.5) is 0 Å². The van der Waals surface area contributed by atoms with E-state index in [4.69, 9.17) is 9.47 Å². The molecule has 0 aromatic carbocycles. The highest BCUT2D eigenvalue weighted by Gasteiger charge is 2.33. The number of likely N-dealkylation sites (tertiary alicyclic amines) is 1. The van der Waals surface area contributed by atoms with Crippen molar-refractivity contribution in [2.75, 3.05) is 47.0 Å². The molecule has 5 heteroatoms. The zero-order valence-corrected chi connectivity index (χ0v) is 13.0. The number of amides is 1. The largest absolute Gasteiger partial charge is 0.378 e. The zero-order chi connectivity index (χ0) is 14.5. The molecule has 2 saturated heterocycles. The van der Waals surface area contributed by atoms with Crippen molar-refractivity contribution < 1.29 is 14.3 Å². The Balaban J connectivity index is 1.62. The minimum atomic E-state index is 0.216. The molecule has 2 rings (SSSR count). The molecule has 2 aliphatic rings. The van der Waals surface area contributed by atoms with Crippen LogP contribution < -0.4 is 0 Å². The first-order valence-corrected chi connectivity index (χ1v) is 7.71. The van der Waals surface area contributed by atoms with Crippen LogP contribution in [-0.2, 0) is 14.3 Å². The van der Waals surface area contributed by atoms with Gasteiger partial charge in [0.15, 0.2) is 0 Å². The average molecular weight is 284 g/mol. The van der Waals surface area contributed by atoms with E-state index in [0.29, 0.717) is 31.6 Å². The maximum atomic E-state index is 12.2. The molecule has 0 aliphatic carbocycles. The molecule has 0 spiro atoms. The van der Waals surface area contributed by atoms with E-state index in [0.717, 1.165) is 32.5 Å². The molecular weight excluding hydrogens is 256 g/mol. The molecule has 2 fully saturated rings. The number of hydrogen-bond donors (Lipinski definition) is 0. The Kier molecular flexibility index (Phi) is 5.81. The van der Waals surface area contributed by atoms with Gasteiger partial charge < -0.3 is 19.3 Å². The highest BCUT2D eigenvalue weighted by Crippen LogP contribution is 2.20. The van der Waals surface area contributed by atoms with Gasteiger partial charge in [-0.25, -0.2) is 0 Å². The smallest absolute Gasteiger partial charge is 0.224 e. The number of carbonyl (C=O) groups excluding carboxylic acids is 1. The van der Waals surface area contributed by atoms with Gasteiger partial charge in [-0.15, -0.1) is 0 Å². The maximum Gasteiger partial charge on any atom is 0.224 e. The Hall–Kier alpha value is -0.650. The number of rotatable bonds is 6. The minimum Gasteiger partial charge on any atom is -0.378 e. The summed E-state index contributed by atoms with van der Waals surface area (Å²) in [6, 6.07) is 0.478. The summed E-state index contributed by atoms with van der Waals surface area (Å²) in [5.74, 6) is 0.760. The Morgan fingerprint density at radius 2 is 2.20 bits per heavy atom. The van der Waals surface area contributed by atoms with Crippen LogP contribution in [0, 0.1) is 5.92 Å². The van der Waals surface area contributed by atoms with E-state index in [1.165, 1.54) is 0 Å². The highest BCUT2D eigenvalue weighted by molar-refractivity contribution is 5.76. The van der Waals surface area contributed by atoms with Crippen LogP contribution >= 0.6 is 0 Å². The molecule has 0 N–H and O–H groups in total. The average Bonchev–Trinajstić information content (AvgIpc) is 3.03. The molecule has 3 atom stereocenters. The van der Waals surface area contributed by atoms with E-state index >= 15 is 0 Å². The molecule has 0 aromatic rings. The van der Waals surface area contributed by atoms with Gasteiger partial charge in [0.05, 0.1) is 25.7 Å². The summed E-state index contributed by atoms with van der Waals surface area (Å²) in [7, 11) is 4.17. The fourth-order valence-corrected chi connectivity index (χ4v) is 3.13. The molecule has 20 heavy (non-hydrogen) atoms. The van der Waals surface area contributed by atoms with Crippen molar-refractivity contribution in [3.05, 3.63) is 0 Å². The summed E-state index contributed by atoms with van der Waals surface area (Å²) in [5.41, 5.74) is 0. The first kappa shape index (κ1) is 15.7. The van der Waals surface area contributed by atoms with Gasteiger partial charge in [0.1, 0.15) is 0 Å². The van der Waals surface area contributed by atoms with Crippen LogP contribution in [0.3, 0.4) is 0 Å². The number of carbonyl (C=O) groups is 1. The molecule has 1 amide bonds. The van der Waals surface area contributed by atoms with Gasteiger partial charge in [-0.3, -0.25) is 4.79 Å². The second-order valence-corrected chi connectivity index (χ2v) is 6.27. The Bertz CT molecular complexity index is 316. The first-order valence-electron chi connectivity index (χ1n) is 7.71. The van der Waals surface area contributed by atoms with Crippen LogP contribution in [0.1, 0.15) is 26.2 Å². The summed E-state index contributed by atoms with van der Waals surface area (Å²) in [4.78, 5) is 16.3. The van der Waals surface area contributed by atoms with Crippen LogP contribution in [0.25, 0.3) is 0 Å². The quantitative estimate of drug-likeness (QED) is 0.682. The summed E-state index contributed by atoms with van der Waals surface area (Å²) in [6.45, 7) is 5.92. The van der Waals surface area contributed by atoms with E-state index in [9.17, 15) is 4.79 Å². The third-order valence-corrected chi connectivity index (χ3v) is 4.38. The van der Waals surface area contributed by atoms with Crippen molar-refractivity contribution in [1.82, 2.24) is 9.80 Å². The summed E-state index contributed by atoms with van der Waals surface area (Å²) >= 11 is 0. The SMILES string of the molecule is C[C@@H]1CN(C(=O)CCOC[C@@H]2CCCO2)C[C@H]1N(C)C. The molecule has 0 bridgehead atoms. The van der Waals surface area contributed by atoms with Crippen LogP contribution in [0.2, 0.25) is 0 Å².